The van der Waals surface area contributed by atoms with Crippen LogP contribution >= 0.6 is 0 Å². The second kappa shape index (κ2) is 3.58. The first-order valence-corrected chi connectivity index (χ1v) is 10.6. The minimum atomic E-state index is -0.287. The predicted octanol–water partition coefficient (Wildman–Crippen LogP) is 3.74. The van der Waals surface area contributed by atoms with Crippen molar-refractivity contribution >= 4 is 11.6 Å². The lowest BCUT2D eigenvalue weighted by atomic mass is 9.55. The zero-order valence-corrected chi connectivity index (χ0v) is 14.8. The summed E-state index contributed by atoms with van der Waals surface area (Å²) in [6.07, 6.45) is 8.05. The molecule has 2 nitrogen and oxygen atoms in total. The van der Waals surface area contributed by atoms with E-state index in [2.05, 4.69) is 13.8 Å². The molecule has 0 aromatic carbocycles. The zero-order valence-electron chi connectivity index (χ0n) is 14.8. The standard InChI is InChI=1S/C22H28O2/c1-21-15-9-5-3-7-11(9)17-13(15)14-16(21)10-6-4-8-12(10)18(14)22(17,2)20(24)19(21)23/h9-18H,3-8H2,1-2H3/t9-,10+,11+,12-,13?,14?,15-,16-,17+,18-,21?,22?/m0/s1. The normalized spacial score (nSPS) is 70.4. The quantitative estimate of drug-likeness (QED) is 0.636. The molecule has 8 fully saturated rings. The lowest BCUT2D eigenvalue weighted by molar-refractivity contribution is -0.155. The van der Waals surface area contributed by atoms with Crippen LogP contribution in [-0.4, -0.2) is 11.6 Å². The van der Waals surface area contributed by atoms with E-state index < -0.39 is 0 Å². The zero-order chi connectivity index (χ0) is 16.2. The number of fused-ring (bicyclic) bond motifs is 3. The molecule has 0 radical (unpaired) electrons. The second-order valence-electron chi connectivity index (χ2n) is 11.0. The highest BCUT2D eigenvalue weighted by Gasteiger charge is 2.87. The fourth-order valence-corrected chi connectivity index (χ4v) is 11.3. The maximum atomic E-state index is 13.6. The summed E-state index contributed by atoms with van der Waals surface area (Å²) >= 11 is 0. The van der Waals surface area contributed by atoms with Gasteiger partial charge in [-0.25, -0.2) is 0 Å². The van der Waals surface area contributed by atoms with Crippen LogP contribution in [-0.2, 0) is 9.59 Å². The van der Waals surface area contributed by atoms with E-state index in [4.69, 9.17) is 0 Å². The van der Waals surface area contributed by atoms with E-state index in [-0.39, 0.29) is 22.4 Å². The lowest BCUT2D eigenvalue weighted by Crippen LogP contribution is -2.53. The summed E-state index contributed by atoms with van der Waals surface area (Å²) in [6, 6.07) is 0. The Hall–Kier alpha value is -0.660. The summed E-state index contributed by atoms with van der Waals surface area (Å²) < 4.78 is 0. The van der Waals surface area contributed by atoms with Crippen LogP contribution in [0.15, 0.2) is 0 Å². The number of hydrogen-bond acceptors (Lipinski definition) is 2. The van der Waals surface area contributed by atoms with Gasteiger partial charge in [0.25, 0.3) is 0 Å². The van der Waals surface area contributed by atoms with Crippen molar-refractivity contribution in [2.75, 3.05) is 0 Å². The van der Waals surface area contributed by atoms with Gasteiger partial charge in [-0.15, -0.1) is 0 Å². The number of carbonyl (C=O) groups excluding carboxylic acids is 2. The first-order valence-electron chi connectivity index (χ1n) is 10.6. The van der Waals surface area contributed by atoms with Crippen LogP contribution in [0.2, 0.25) is 0 Å². The number of ketones is 2. The van der Waals surface area contributed by atoms with Gasteiger partial charge in [0.15, 0.2) is 0 Å². The van der Waals surface area contributed by atoms with Crippen LogP contribution < -0.4 is 0 Å². The van der Waals surface area contributed by atoms with E-state index in [1.54, 1.807) is 0 Å². The van der Waals surface area contributed by atoms with E-state index in [0.29, 0.717) is 23.7 Å². The lowest BCUT2D eigenvalue weighted by Gasteiger charge is -2.46. The molecule has 0 aromatic heterocycles. The molecule has 24 heavy (non-hydrogen) atoms. The van der Waals surface area contributed by atoms with E-state index in [9.17, 15) is 9.59 Å². The van der Waals surface area contributed by atoms with Crippen molar-refractivity contribution < 1.29 is 9.59 Å². The first kappa shape index (κ1) is 13.5. The molecule has 8 aliphatic rings. The fraction of sp³-hybridized carbons (Fsp3) is 0.909. The summed E-state index contributed by atoms with van der Waals surface area (Å²) in [5.41, 5.74) is -0.574. The number of carbonyl (C=O) groups is 2. The molecule has 8 aliphatic carbocycles. The molecule has 8 saturated carbocycles. The van der Waals surface area contributed by atoms with Crippen LogP contribution in [0.3, 0.4) is 0 Å². The summed E-state index contributed by atoms with van der Waals surface area (Å²) in [5.74, 6) is 6.98. The maximum Gasteiger partial charge on any atom is 0.205 e. The van der Waals surface area contributed by atoms with Gasteiger partial charge in [-0.3, -0.25) is 9.59 Å². The van der Waals surface area contributed by atoms with Gasteiger partial charge in [0.2, 0.25) is 11.6 Å². The third-order valence-electron chi connectivity index (χ3n) is 11.2. The van der Waals surface area contributed by atoms with Gasteiger partial charge in [0.1, 0.15) is 0 Å². The Balaban J connectivity index is 1.58. The van der Waals surface area contributed by atoms with E-state index >= 15 is 0 Å². The largest absolute Gasteiger partial charge is 0.290 e. The Bertz CT molecular complexity index is 611. The van der Waals surface area contributed by atoms with Crippen LogP contribution in [0.5, 0.6) is 0 Å². The topological polar surface area (TPSA) is 34.1 Å². The third-order valence-corrected chi connectivity index (χ3v) is 11.2. The monoisotopic (exact) mass is 324 g/mol. The molecular formula is C22H28O2. The molecule has 4 unspecified atom stereocenters. The molecule has 0 amide bonds. The van der Waals surface area contributed by atoms with E-state index in [1.807, 2.05) is 0 Å². The van der Waals surface area contributed by atoms with Crippen molar-refractivity contribution in [2.45, 2.75) is 52.4 Å². The highest BCUT2D eigenvalue weighted by atomic mass is 16.2. The van der Waals surface area contributed by atoms with E-state index in [0.717, 1.165) is 35.5 Å². The first-order chi connectivity index (χ1) is 11.5. The van der Waals surface area contributed by atoms with Gasteiger partial charge in [-0.1, -0.05) is 26.7 Å². The smallest absolute Gasteiger partial charge is 0.205 e. The second-order valence-corrected chi connectivity index (χ2v) is 11.0. The van der Waals surface area contributed by atoms with Crippen molar-refractivity contribution in [3.8, 4) is 0 Å². The molecule has 0 N–H and O–H groups in total. The van der Waals surface area contributed by atoms with Crippen molar-refractivity contribution in [2.24, 2.45) is 70.0 Å². The van der Waals surface area contributed by atoms with Gasteiger partial charge in [-0.2, -0.15) is 0 Å². The molecule has 0 spiro atoms. The van der Waals surface area contributed by atoms with Crippen molar-refractivity contribution in [3.63, 3.8) is 0 Å². The van der Waals surface area contributed by atoms with Crippen LogP contribution in [0.4, 0.5) is 0 Å². The summed E-state index contributed by atoms with van der Waals surface area (Å²) in [4.78, 5) is 27.1. The van der Waals surface area contributed by atoms with Crippen LogP contribution in [0, 0.1) is 70.0 Å². The van der Waals surface area contributed by atoms with Gasteiger partial charge < -0.3 is 0 Å². The summed E-state index contributed by atoms with van der Waals surface area (Å²) in [6.45, 7) is 4.56. The molecular weight excluding hydrogens is 296 g/mol. The Kier molecular flexibility index (Phi) is 2.02. The highest BCUT2D eigenvalue weighted by molar-refractivity contribution is 6.42. The molecule has 8 bridgehead atoms. The van der Waals surface area contributed by atoms with Crippen LogP contribution in [0.25, 0.3) is 0 Å². The molecule has 0 heterocycles. The molecule has 8 rings (SSSR count). The van der Waals surface area contributed by atoms with Gasteiger partial charge in [0, 0.05) is 10.8 Å². The van der Waals surface area contributed by atoms with Gasteiger partial charge >= 0.3 is 0 Å². The fourth-order valence-electron chi connectivity index (χ4n) is 11.3. The van der Waals surface area contributed by atoms with Gasteiger partial charge in [0.05, 0.1) is 0 Å². The van der Waals surface area contributed by atoms with E-state index in [1.165, 1.54) is 38.5 Å². The Morgan fingerprint density at radius 2 is 0.917 bits per heavy atom. The molecule has 0 aromatic rings. The average Bonchev–Trinajstić information content (AvgIpc) is 3.29. The van der Waals surface area contributed by atoms with Crippen molar-refractivity contribution in [1.82, 2.24) is 0 Å². The molecule has 12 atom stereocenters. The average molecular weight is 324 g/mol. The highest BCUT2D eigenvalue weighted by Crippen LogP contribution is 2.86. The van der Waals surface area contributed by atoms with Crippen LogP contribution in [0.1, 0.15) is 52.4 Å². The third kappa shape index (κ3) is 0.971. The maximum absolute atomic E-state index is 13.6. The number of Topliss-reactive ketones (excluding diaryl/α,β-unsaturated/α-hetero) is 2. The molecule has 2 heteroatoms. The van der Waals surface area contributed by atoms with Gasteiger partial charge in [-0.05, 0) is 84.9 Å². The number of rotatable bonds is 0. The Morgan fingerprint density at radius 1 is 0.625 bits per heavy atom. The Morgan fingerprint density at radius 3 is 1.21 bits per heavy atom. The Labute approximate surface area is 144 Å². The van der Waals surface area contributed by atoms with Crippen molar-refractivity contribution in [3.05, 3.63) is 0 Å². The number of hydrogen-bond donors (Lipinski definition) is 0. The summed E-state index contributed by atoms with van der Waals surface area (Å²) in [7, 11) is 0. The predicted molar refractivity (Wildman–Crippen MR) is 88.8 cm³/mol. The summed E-state index contributed by atoms with van der Waals surface area (Å²) in [5, 5.41) is 0. The molecule has 128 valence electrons. The minimum Gasteiger partial charge on any atom is -0.290 e. The molecule has 0 aliphatic heterocycles. The molecule has 0 saturated heterocycles. The minimum absolute atomic E-state index is 0.0909. The van der Waals surface area contributed by atoms with Crippen molar-refractivity contribution in [1.29, 1.82) is 0 Å². The SMILES string of the molecule is CC12C(=O)C(=O)C3(C)[C@@H]4C(C5[C@@H]1[C@H]1CCC[C@H]1[C@H]53)[C@@H]2[C@@H]1CCC[C@@H]14.